The summed E-state index contributed by atoms with van der Waals surface area (Å²) >= 11 is 0. The number of carbonyl (C=O) groups excluding carboxylic acids is 1. The Bertz CT molecular complexity index is 987. The predicted molar refractivity (Wildman–Crippen MR) is 109 cm³/mol. The summed E-state index contributed by atoms with van der Waals surface area (Å²) in [5, 5.41) is 5.94. The van der Waals surface area contributed by atoms with E-state index >= 15 is 0 Å². The van der Waals surface area contributed by atoms with Crippen molar-refractivity contribution in [3.63, 3.8) is 0 Å². The summed E-state index contributed by atoms with van der Waals surface area (Å²) in [7, 11) is 3.15. The zero-order valence-corrected chi connectivity index (χ0v) is 16.2. The summed E-state index contributed by atoms with van der Waals surface area (Å²) in [5.41, 5.74) is 3.43. The highest BCUT2D eigenvalue weighted by Gasteiger charge is 2.13. The number of amides is 1. The number of rotatable bonds is 6. The molecule has 0 aliphatic heterocycles. The number of methoxy groups -OCH3 is 2. The van der Waals surface area contributed by atoms with Crippen molar-refractivity contribution in [1.29, 1.82) is 0 Å². The number of carbonyl (C=O) groups is 1. The lowest BCUT2D eigenvalue weighted by Gasteiger charge is -2.12. The van der Waals surface area contributed by atoms with E-state index in [1.807, 2.05) is 31.2 Å². The van der Waals surface area contributed by atoms with Gasteiger partial charge in [0.25, 0.3) is 5.91 Å². The summed E-state index contributed by atoms with van der Waals surface area (Å²) in [5.74, 6) is 1.25. The van der Waals surface area contributed by atoms with Gasteiger partial charge >= 0.3 is 0 Å². The maximum Gasteiger partial charge on any atom is 0.274 e. The van der Waals surface area contributed by atoms with Crippen molar-refractivity contribution in [3.05, 3.63) is 65.5 Å². The molecule has 0 saturated heterocycles. The van der Waals surface area contributed by atoms with Crippen molar-refractivity contribution in [2.24, 2.45) is 0 Å². The van der Waals surface area contributed by atoms with Crippen molar-refractivity contribution in [1.82, 2.24) is 9.97 Å². The van der Waals surface area contributed by atoms with Gasteiger partial charge in [-0.25, -0.2) is 9.97 Å². The monoisotopic (exact) mass is 378 g/mol. The minimum atomic E-state index is -0.306. The van der Waals surface area contributed by atoms with Gasteiger partial charge in [-0.05, 0) is 44.2 Å². The Morgan fingerprint density at radius 1 is 0.929 bits per heavy atom. The molecule has 2 aromatic carbocycles. The first-order valence-electron chi connectivity index (χ1n) is 8.71. The molecule has 2 N–H and O–H groups in total. The molecule has 0 unspecified atom stereocenters. The third-order valence-electron chi connectivity index (χ3n) is 4.05. The lowest BCUT2D eigenvalue weighted by Crippen LogP contribution is -2.15. The number of ether oxygens (including phenoxy) is 2. The predicted octanol–water partition coefficient (Wildman–Crippen LogP) is 4.11. The van der Waals surface area contributed by atoms with E-state index in [2.05, 4.69) is 20.6 Å². The molecule has 0 spiro atoms. The van der Waals surface area contributed by atoms with Crippen LogP contribution >= 0.6 is 0 Å². The molecule has 1 aromatic heterocycles. The van der Waals surface area contributed by atoms with Crippen molar-refractivity contribution in [2.75, 3.05) is 24.9 Å². The summed E-state index contributed by atoms with van der Waals surface area (Å²) in [4.78, 5) is 21.3. The standard InChI is InChI=1S/C21H22N4O3/c1-13-5-7-15(8-6-13)23-20(26)18-11-14(2)22-21(25-18)24-17-10-9-16(27-3)12-19(17)28-4/h5-12H,1-4H3,(H,23,26)(H,22,24,25). The number of benzene rings is 2. The maximum absolute atomic E-state index is 12.6. The highest BCUT2D eigenvalue weighted by Crippen LogP contribution is 2.30. The molecule has 7 heteroatoms. The first-order chi connectivity index (χ1) is 13.5. The van der Waals surface area contributed by atoms with Crippen molar-refractivity contribution < 1.29 is 14.3 Å². The minimum absolute atomic E-state index is 0.267. The Labute approximate surface area is 163 Å². The molecule has 0 aliphatic carbocycles. The Morgan fingerprint density at radius 2 is 1.68 bits per heavy atom. The summed E-state index contributed by atoms with van der Waals surface area (Å²) < 4.78 is 10.6. The van der Waals surface area contributed by atoms with Crippen LogP contribution in [0.5, 0.6) is 11.5 Å². The molecule has 144 valence electrons. The third-order valence-corrected chi connectivity index (χ3v) is 4.05. The van der Waals surface area contributed by atoms with E-state index in [1.165, 1.54) is 0 Å². The van der Waals surface area contributed by atoms with Crippen molar-refractivity contribution in [3.8, 4) is 11.5 Å². The van der Waals surface area contributed by atoms with Crippen LogP contribution in [-0.4, -0.2) is 30.1 Å². The van der Waals surface area contributed by atoms with Crippen LogP contribution < -0.4 is 20.1 Å². The lowest BCUT2D eigenvalue weighted by atomic mass is 10.2. The fourth-order valence-electron chi connectivity index (χ4n) is 2.60. The van der Waals surface area contributed by atoms with Crippen LogP contribution in [0.1, 0.15) is 21.7 Å². The number of hydrogen-bond acceptors (Lipinski definition) is 6. The summed E-state index contributed by atoms with van der Waals surface area (Å²) in [6, 6.07) is 14.6. The molecular formula is C21H22N4O3. The average Bonchev–Trinajstić information content (AvgIpc) is 2.69. The molecule has 0 fully saturated rings. The van der Waals surface area contributed by atoms with Gasteiger partial charge in [0, 0.05) is 17.4 Å². The minimum Gasteiger partial charge on any atom is -0.497 e. The first-order valence-corrected chi connectivity index (χ1v) is 8.71. The highest BCUT2D eigenvalue weighted by atomic mass is 16.5. The molecule has 1 amide bonds. The van der Waals surface area contributed by atoms with E-state index in [0.29, 0.717) is 34.5 Å². The maximum atomic E-state index is 12.6. The highest BCUT2D eigenvalue weighted by molar-refractivity contribution is 6.03. The van der Waals surface area contributed by atoms with Gasteiger partial charge in [0.15, 0.2) is 0 Å². The van der Waals surface area contributed by atoms with Crippen LogP contribution in [0.15, 0.2) is 48.5 Å². The number of nitrogens with one attached hydrogen (secondary N) is 2. The Morgan fingerprint density at radius 3 is 2.36 bits per heavy atom. The van der Waals surface area contributed by atoms with Crippen LogP contribution in [0.2, 0.25) is 0 Å². The molecule has 0 bridgehead atoms. The summed E-state index contributed by atoms with van der Waals surface area (Å²) in [6.07, 6.45) is 0. The Hall–Kier alpha value is -3.61. The van der Waals surface area contributed by atoms with E-state index in [-0.39, 0.29) is 11.6 Å². The molecule has 1 heterocycles. The van der Waals surface area contributed by atoms with Gasteiger partial charge in [-0.2, -0.15) is 0 Å². The second-order valence-corrected chi connectivity index (χ2v) is 6.23. The second-order valence-electron chi connectivity index (χ2n) is 6.23. The van der Waals surface area contributed by atoms with E-state index in [0.717, 1.165) is 5.56 Å². The molecule has 0 radical (unpaired) electrons. The SMILES string of the molecule is COc1ccc(Nc2nc(C)cc(C(=O)Nc3ccc(C)cc3)n2)c(OC)c1. The summed E-state index contributed by atoms with van der Waals surface area (Å²) in [6.45, 7) is 3.80. The fraction of sp³-hybridized carbons (Fsp3) is 0.190. The molecule has 28 heavy (non-hydrogen) atoms. The van der Waals surface area contributed by atoms with Crippen LogP contribution in [0.3, 0.4) is 0 Å². The molecule has 3 aromatic rings. The Balaban J connectivity index is 1.83. The van der Waals surface area contributed by atoms with Gasteiger partial charge in [-0.1, -0.05) is 17.7 Å². The molecule has 0 aliphatic rings. The molecule has 0 saturated carbocycles. The quantitative estimate of drug-likeness (QED) is 0.671. The van der Waals surface area contributed by atoms with Crippen LogP contribution in [-0.2, 0) is 0 Å². The number of aryl methyl sites for hydroxylation is 2. The first kappa shape index (κ1) is 19.2. The van der Waals surface area contributed by atoms with E-state index < -0.39 is 0 Å². The van der Waals surface area contributed by atoms with Crippen LogP contribution in [0.25, 0.3) is 0 Å². The number of hydrogen-bond donors (Lipinski definition) is 2. The van der Waals surface area contributed by atoms with Gasteiger partial charge in [0.05, 0.1) is 19.9 Å². The smallest absolute Gasteiger partial charge is 0.274 e. The zero-order valence-electron chi connectivity index (χ0n) is 16.2. The van der Waals surface area contributed by atoms with E-state index in [1.54, 1.807) is 45.4 Å². The van der Waals surface area contributed by atoms with E-state index in [4.69, 9.17) is 9.47 Å². The normalized spacial score (nSPS) is 10.3. The molecule has 7 nitrogen and oxygen atoms in total. The molecule has 0 atom stereocenters. The van der Waals surface area contributed by atoms with Crippen molar-refractivity contribution >= 4 is 23.2 Å². The van der Waals surface area contributed by atoms with Crippen LogP contribution in [0, 0.1) is 13.8 Å². The van der Waals surface area contributed by atoms with Crippen LogP contribution in [0.4, 0.5) is 17.3 Å². The lowest BCUT2D eigenvalue weighted by molar-refractivity contribution is 0.102. The van der Waals surface area contributed by atoms with Gasteiger partial charge in [0.2, 0.25) is 5.95 Å². The number of anilines is 3. The average molecular weight is 378 g/mol. The van der Waals surface area contributed by atoms with Gasteiger partial charge in [-0.15, -0.1) is 0 Å². The third kappa shape index (κ3) is 4.56. The van der Waals surface area contributed by atoms with Gasteiger partial charge < -0.3 is 20.1 Å². The Kier molecular flexibility index (Phi) is 5.74. The van der Waals surface area contributed by atoms with Crippen molar-refractivity contribution in [2.45, 2.75) is 13.8 Å². The number of nitrogens with zero attached hydrogens (tertiary/aromatic N) is 2. The molecular weight excluding hydrogens is 356 g/mol. The zero-order chi connectivity index (χ0) is 20.1. The largest absolute Gasteiger partial charge is 0.497 e. The van der Waals surface area contributed by atoms with E-state index in [9.17, 15) is 4.79 Å². The number of aromatic nitrogens is 2. The molecule has 3 rings (SSSR count). The van der Waals surface area contributed by atoms with Gasteiger partial charge in [0.1, 0.15) is 17.2 Å². The second kappa shape index (κ2) is 8.39. The fourth-order valence-corrected chi connectivity index (χ4v) is 2.60. The van der Waals surface area contributed by atoms with Gasteiger partial charge in [-0.3, -0.25) is 4.79 Å². The topological polar surface area (TPSA) is 85.4 Å².